The van der Waals surface area contributed by atoms with Crippen molar-refractivity contribution in [1.82, 2.24) is 0 Å². The predicted octanol–water partition coefficient (Wildman–Crippen LogP) is 5.83. The highest BCUT2D eigenvalue weighted by atomic mass is 35.5. The van der Waals surface area contributed by atoms with Gasteiger partial charge in [-0.1, -0.05) is 60.1 Å². The van der Waals surface area contributed by atoms with E-state index in [0.29, 0.717) is 33.3 Å². The van der Waals surface area contributed by atoms with Crippen LogP contribution in [0, 0.1) is 6.92 Å². The Morgan fingerprint density at radius 1 is 0.875 bits per heavy atom. The molecule has 0 saturated heterocycles. The van der Waals surface area contributed by atoms with Gasteiger partial charge in [0.05, 0.1) is 17.4 Å². The lowest BCUT2D eigenvalue weighted by molar-refractivity contribution is -0.120. The van der Waals surface area contributed by atoms with Gasteiger partial charge >= 0.3 is 0 Å². The third kappa shape index (κ3) is 3.99. The maximum Gasteiger partial charge on any atom is 0.282 e. The van der Waals surface area contributed by atoms with E-state index in [9.17, 15) is 9.59 Å². The minimum absolute atomic E-state index is 0.114. The molecule has 0 radical (unpaired) electrons. The molecule has 32 heavy (non-hydrogen) atoms. The number of amides is 2. The fraction of sp³-hybridized carbons (Fsp3) is 0.154. The van der Waals surface area contributed by atoms with Crippen molar-refractivity contribution in [3.63, 3.8) is 0 Å². The summed E-state index contributed by atoms with van der Waals surface area (Å²) in [4.78, 5) is 28.4. The van der Waals surface area contributed by atoms with Crippen LogP contribution in [0.4, 0.5) is 11.4 Å². The lowest BCUT2D eigenvalue weighted by Crippen LogP contribution is -2.33. The minimum Gasteiger partial charge on any atom is -0.489 e. The van der Waals surface area contributed by atoms with E-state index in [1.807, 2.05) is 63.2 Å². The van der Waals surface area contributed by atoms with Gasteiger partial charge in [0.15, 0.2) is 0 Å². The molecule has 162 valence electrons. The lowest BCUT2D eigenvalue weighted by Gasteiger charge is -2.20. The number of hydrogen-bond donors (Lipinski definition) is 1. The zero-order chi connectivity index (χ0) is 22.8. The Morgan fingerprint density at radius 3 is 2.28 bits per heavy atom. The summed E-state index contributed by atoms with van der Waals surface area (Å²) in [6, 6.07) is 21.6. The molecular weight excluding hydrogens is 424 g/mol. The summed E-state index contributed by atoms with van der Waals surface area (Å²) < 4.78 is 5.88. The lowest BCUT2D eigenvalue weighted by atomic mass is 10.0. The third-order valence-corrected chi connectivity index (χ3v) is 5.55. The topological polar surface area (TPSA) is 58.6 Å². The molecule has 0 aliphatic carbocycles. The van der Waals surface area contributed by atoms with Gasteiger partial charge in [-0.2, -0.15) is 0 Å². The highest BCUT2D eigenvalue weighted by molar-refractivity contribution is 6.46. The third-order valence-electron chi connectivity index (χ3n) is 5.14. The molecule has 0 atom stereocenters. The quantitative estimate of drug-likeness (QED) is 0.484. The Balaban J connectivity index is 1.84. The number of anilines is 2. The van der Waals surface area contributed by atoms with E-state index >= 15 is 0 Å². The largest absolute Gasteiger partial charge is 0.489 e. The predicted molar refractivity (Wildman–Crippen MR) is 128 cm³/mol. The highest BCUT2D eigenvalue weighted by Gasteiger charge is 2.41. The van der Waals surface area contributed by atoms with Crippen LogP contribution in [0.15, 0.2) is 78.5 Å². The molecule has 6 heteroatoms. The molecule has 1 aliphatic rings. The van der Waals surface area contributed by atoms with Gasteiger partial charge in [-0.25, -0.2) is 4.90 Å². The van der Waals surface area contributed by atoms with Gasteiger partial charge < -0.3 is 10.1 Å². The number of halogens is 1. The van der Waals surface area contributed by atoms with Gasteiger partial charge in [-0.15, -0.1) is 0 Å². The highest BCUT2D eigenvalue weighted by Crippen LogP contribution is 2.38. The Morgan fingerprint density at radius 2 is 1.56 bits per heavy atom. The molecule has 1 aliphatic heterocycles. The summed E-state index contributed by atoms with van der Waals surface area (Å²) in [6.45, 7) is 5.65. The normalized spacial score (nSPS) is 13.8. The number of ether oxygens (including phenoxy) is 1. The van der Waals surface area contributed by atoms with E-state index in [-0.39, 0.29) is 11.8 Å². The molecule has 3 aromatic rings. The Hall–Kier alpha value is -3.57. The maximum absolute atomic E-state index is 13.6. The summed E-state index contributed by atoms with van der Waals surface area (Å²) in [6.07, 6.45) is -0.114. The molecule has 0 bridgehead atoms. The van der Waals surface area contributed by atoms with Crippen molar-refractivity contribution in [1.29, 1.82) is 0 Å². The van der Waals surface area contributed by atoms with Crippen LogP contribution in [0.1, 0.15) is 25.0 Å². The first kappa shape index (κ1) is 21.7. The minimum atomic E-state index is -0.451. The van der Waals surface area contributed by atoms with Crippen molar-refractivity contribution in [3.8, 4) is 5.75 Å². The average Bonchev–Trinajstić information content (AvgIpc) is 3.01. The molecule has 0 saturated carbocycles. The number of benzene rings is 3. The van der Waals surface area contributed by atoms with Crippen LogP contribution in [-0.2, 0) is 9.59 Å². The fourth-order valence-corrected chi connectivity index (χ4v) is 3.78. The van der Waals surface area contributed by atoms with Crippen LogP contribution in [0.25, 0.3) is 5.57 Å². The molecule has 0 aromatic heterocycles. The first-order valence-corrected chi connectivity index (χ1v) is 10.7. The molecular formula is C26H23ClN2O3. The summed E-state index contributed by atoms with van der Waals surface area (Å²) >= 11 is 6.28. The van der Waals surface area contributed by atoms with Crippen molar-refractivity contribution in [3.05, 3.63) is 94.6 Å². The molecule has 0 fully saturated rings. The van der Waals surface area contributed by atoms with Crippen LogP contribution in [0.5, 0.6) is 5.75 Å². The van der Waals surface area contributed by atoms with E-state index < -0.39 is 11.8 Å². The molecule has 4 rings (SSSR count). The van der Waals surface area contributed by atoms with Gasteiger partial charge in [0.25, 0.3) is 11.8 Å². The summed E-state index contributed by atoms with van der Waals surface area (Å²) in [7, 11) is 0. The van der Waals surface area contributed by atoms with Crippen LogP contribution in [-0.4, -0.2) is 17.9 Å². The van der Waals surface area contributed by atoms with Crippen LogP contribution in [0.3, 0.4) is 0 Å². The van der Waals surface area contributed by atoms with E-state index in [4.69, 9.17) is 16.3 Å². The molecule has 1 heterocycles. The first-order chi connectivity index (χ1) is 15.4. The second kappa shape index (κ2) is 8.89. The number of para-hydroxylation sites is 2. The van der Waals surface area contributed by atoms with E-state index in [2.05, 4.69) is 5.32 Å². The number of carbonyl (C=O) groups is 2. The van der Waals surface area contributed by atoms with E-state index in [1.54, 1.807) is 30.3 Å². The zero-order valence-corrected chi connectivity index (χ0v) is 18.8. The van der Waals surface area contributed by atoms with Gasteiger partial charge in [-0.05, 0) is 56.2 Å². The van der Waals surface area contributed by atoms with Gasteiger partial charge in [-0.3, -0.25) is 9.59 Å². The fourth-order valence-electron chi connectivity index (χ4n) is 3.61. The van der Waals surface area contributed by atoms with E-state index in [1.165, 1.54) is 4.90 Å². The number of hydrogen-bond acceptors (Lipinski definition) is 4. The Bertz CT molecular complexity index is 1220. The monoisotopic (exact) mass is 446 g/mol. The van der Waals surface area contributed by atoms with Crippen molar-refractivity contribution in [2.24, 2.45) is 0 Å². The molecule has 2 amide bonds. The second-order valence-corrected chi connectivity index (χ2v) is 8.14. The first-order valence-electron chi connectivity index (χ1n) is 10.3. The van der Waals surface area contributed by atoms with Gasteiger partial charge in [0.1, 0.15) is 11.4 Å². The summed E-state index contributed by atoms with van der Waals surface area (Å²) in [5, 5.41) is 3.75. The van der Waals surface area contributed by atoms with E-state index in [0.717, 1.165) is 5.56 Å². The number of nitrogens with zero attached hydrogens (tertiary/aromatic N) is 1. The number of carbonyl (C=O) groups excluding carboxylic acids is 2. The van der Waals surface area contributed by atoms with Crippen molar-refractivity contribution >= 4 is 40.4 Å². The summed E-state index contributed by atoms with van der Waals surface area (Å²) in [5.41, 5.74) is 3.01. The standard InChI is InChI=1S/C26H23ClN2O3/c1-16(2)32-22-15-8-7-14-21(22)29-25(30)23(18-10-5-4-6-11-18)24(26(29)31)28-20-13-9-12-19(27)17(20)3/h4-16,28H,1-3H3. The van der Waals surface area contributed by atoms with Crippen molar-refractivity contribution in [2.45, 2.75) is 26.9 Å². The second-order valence-electron chi connectivity index (χ2n) is 7.73. The van der Waals surface area contributed by atoms with Gasteiger partial charge in [0, 0.05) is 10.7 Å². The Labute approximate surface area is 192 Å². The van der Waals surface area contributed by atoms with Gasteiger partial charge in [0.2, 0.25) is 0 Å². The molecule has 1 N–H and O–H groups in total. The molecule has 3 aromatic carbocycles. The van der Waals surface area contributed by atoms with Crippen LogP contribution < -0.4 is 15.0 Å². The number of nitrogens with one attached hydrogen (secondary N) is 1. The Kier molecular flexibility index (Phi) is 6.01. The average molecular weight is 447 g/mol. The number of imide groups is 1. The smallest absolute Gasteiger partial charge is 0.282 e. The van der Waals surface area contributed by atoms with Crippen LogP contribution >= 0.6 is 11.6 Å². The maximum atomic E-state index is 13.6. The summed E-state index contributed by atoms with van der Waals surface area (Å²) in [5.74, 6) is -0.395. The SMILES string of the molecule is Cc1c(Cl)cccc1NC1=C(c2ccccc2)C(=O)N(c2ccccc2OC(C)C)C1=O. The molecule has 5 nitrogen and oxygen atoms in total. The molecule has 0 unspecified atom stereocenters. The van der Waals surface area contributed by atoms with Crippen molar-refractivity contribution in [2.75, 3.05) is 10.2 Å². The number of rotatable bonds is 6. The molecule has 0 spiro atoms. The van der Waals surface area contributed by atoms with Crippen LogP contribution in [0.2, 0.25) is 5.02 Å². The van der Waals surface area contributed by atoms with Crippen molar-refractivity contribution < 1.29 is 14.3 Å². The zero-order valence-electron chi connectivity index (χ0n) is 18.1.